The van der Waals surface area contributed by atoms with Gasteiger partial charge in [0, 0.05) is 26.7 Å². The Morgan fingerprint density at radius 1 is 0.692 bits per heavy atom. The SMILES string of the molecule is COCCNc1nc(NO)nc(NCCNc2nc(C)nc(NO)n2)n1. The van der Waals surface area contributed by atoms with Gasteiger partial charge < -0.3 is 20.7 Å². The third-order valence-corrected chi connectivity index (χ3v) is 2.86. The molecule has 2 aromatic rings. The summed E-state index contributed by atoms with van der Waals surface area (Å²) in [7, 11) is 1.59. The number of methoxy groups -OCH3 is 1. The summed E-state index contributed by atoms with van der Waals surface area (Å²) in [6.45, 7) is 3.54. The number of nitrogens with one attached hydrogen (secondary N) is 5. The zero-order valence-electron chi connectivity index (χ0n) is 14.3. The minimum Gasteiger partial charge on any atom is -0.383 e. The van der Waals surface area contributed by atoms with Crippen LogP contribution in [0.2, 0.25) is 0 Å². The minimum absolute atomic E-state index is 0.00197. The van der Waals surface area contributed by atoms with Gasteiger partial charge in [0.2, 0.25) is 17.8 Å². The molecule has 0 amide bonds. The van der Waals surface area contributed by atoms with Crippen LogP contribution < -0.4 is 26.9 Å². The maximum Gasteiger partial charge on any atom is 0.253 e. The van der Waals surface area contributed by atoms with Gasteiger partial charge in [0.05, 0.1) is 6.61 Å². The zero-order chi connectivity index (χ0) is 18.8. The van der Waals surface area contributed by atoms with Gasteiger partial charge in [-0.05, 0) is 6.92 Å². The molecule has 0 atom stereocenters. The van der Waals surface area contributed by atoms with E-state index in [1.54, 1.807) is 14.0 Å². The largest absolute Gasteiger partial charge is 0.383 e. The minimum atomic E-state index is 0.00197. The summed E-state index contributed by atoms with van der Waals surface area (Å²) in [5, 5.41) is 26.8. The Kier molecular flexibility index (Phi) is 7.41. The van der Waals surface area contributed by atoms with E-state index in [-0.39, 0.29) is 23.8 Å². The van der Waals surface area contributed by atoms with Crippen molar-refractivity contribution in [2.24, 2.45) is 0 Å². The van der Waals surface area contributed by atoms with Crippen molar-refractivity contribution in [2.45, 2.75) is 6.92 Å². The van der Waals surface area contributed by atoms with Gasteiger partial charge in [-0.25, -0.2) is 11.0 Å². The molecule has 0 spiro atoms. The monoisotopic (exact) mass is 367 g/mol. The van der Waals surface area contributed by atoms with Gasteiger partial charge in [-0.1, -0.05) is 0 Å². The van der Waals surface area contributed by atoms with Crippen molar-refractivity contribution in [1.82, 2.24) is 29.9 Å². The lowest BCUT2D eigenvalue weighted by atomic mass is 10.6. The van der Waals surface area contributed by atoms with Gasteiger partial charge in [0.15, 0.2) is 0 Å². The van der Waals surface area contributed by atoms with Crippen LogP contribution >= 0.6 is 0 Å². The lowest BCUT2D eigenvalue weighted by Gasteiger charge is -2.10. The number of hydrogen-bond acceptors (Lipinski definition) is 14. The predicted octanol–water partition coefficient (Wildman–Crippen LogP) is -0.450. The molecule has 14 heteroatoms. The molecule has 2 rings (SSSR count). The topological polar surface area (TPSA) is 187 Å². The van der Waals surface area contributed by atoms with Crippen LogP contribution in [0.25, 0.3) is 0 Å². The third-order valence-electron chi connectivity index (χ3n) is 2.86. The number of rotatable bonds is 11. The van der Waals surface area contributed by atoms with Crippen molar-refractivity contribution >= 4 is 29.7 Å². The average molecular weight is 367 g/mol. The summed E-state index contributed by atoms with van der Waals surface area (Å²) in [5.74, 6) is 1.37. The number of anilines is 5. The van der Waals surface area contributed by atoms with Crippen LogP contribution in [-0.2, 0) is 4.74 Å². The highest BCUT2D eigenvalue weighted by atomic mass is 16.5. The Labute approximate surface area is 148 Å². The van der Waals surface area contributed by atoms with E-state index in [1.165, 1.54) is 0 Å². The van der Waals surface area contributed by atoms with Crippen LogP contribution in [0.3, 0.4) is 0 Å². The molecule has 26 heavy (non-hydrogen) atoms. The second-order valence-corrected chi connectivity index (χ2v) is 4.83. The van der Waals surface area contributed by atoms with Crippen LogP contribution in [0.15, 0.2) is 0 Å². The van der Waals surface area contributed by atoms with Crippen molar-refractivity contribution in [3.05, 3.63) is 5.82 Å². The van der Waals surface area contributed by atoms with Crippen molar-refractivity contribution in [2.75, 3.05) is 60.3 Å². The lowest BCUT2D eigenvalue weighted by Crippen LogP contribution is -2.19. The summed E-state index contributed by atoms with van der Waals surface area (Å²) in [5.41, 5.74) is 3.76. The fourth-order valence-electron chi connectivity index (χ4n) is 1.81. The van der Waals surface area contributed by atoms with E-state index in [2.05, 4.69) is 45.9 Å². The van der Waals surface area contributed by atoms with Crippen molar-refractivity contribution in [3.63, 3.8) is 0 Å². The van der Waals surface area contributed by atoms with Gasteiger partial charge in [-0.2, -0.15) is 29.9 Å². The molecule has 0 aliphatic rings. The van der Waals surface area contributed by atoms with E-state index in [0.29, 0.717) is 38.0 Å². The molecule has 0 unspecified atom stereocenters. The van der Waals surface area contributed by atoms with Gasteiger partial charge >= 0.3 is 0 Å². The Morgan fingerprint density at radius 3 is 1.65 bits per heavy atom. The molecule has 2 heterocycles. The fourth-order valence-corrected chi connectivity index (χ4v) is 1.81. The first-order valence-corrected chi connectivity index (χ1v) is 7.64. The molecule has 0 aliphatic carbocycles. The van der Waals surface area contributed by atoms with Gasteiger partial charge in [0.25, 0.3) is 11.9 Å². The summed E-state index contributed by atoms with van der Waals surface area (Å²) >= 11 is 0. The Balaban J connectivity index is 1.88. The molecule has 0 radical (unpaired) electrons. The maximum atomic E-state index is 9.01. The predicted molar refractivity (Wildman–Crippen MR) is 92.6 cm³/mol. The van der Waals surface area contributed by atoms with E-state index in [9.17, 15) is 0 Å². The fraction of sp³-hybridized carbons (Fsp3) is 0.500. The van der Waals surface area contributed by atoms with Gasteiger partial charge in [-0.15, -0.1) is 0 Å². The highest BCUT2D eigenvalue weighted by Gasteiger charge is 2.06. The first kappa shape index (κ1) is 19.2. The molecule has 0 bridgehead atoms. The first-order valence-electron chi connectivity index (χ1n) is 7.64. The Hall–Kier alpha value is -3.10. The quantitative estimate of drug-likeness (QED) is 0.200. The summed E-state index contributed by atoms with van der Waals surface area (Å²) in [6, 6.07) is 0. The lowest BCUT2D eigenvalue weighted by molar-refractivity contribution is 0.210. The van der Waals surface area contributed by atoms with Crippen molar-refractivity contribution in [3.8, 4) is 0 Å². The van der Waals surface area contributed by atoms with Crippen LogP contribution in [0.5, 0.6) is 0 Å². The van der Waals surface area contributed by atoms with E-state index >= 15 is 0 Å². The molecular weight excluding hydrogens is 346 g/mol. The Morgan fingerprint density at radius 2 is 1.12 bits per heavy atom. The third kappa shape index (κ3) is 6.08. The second kappa shape index (κ2) is 10.0. The maximum absolute atomic E-state index is 9.01. The van der Waals surface area contributed by atoms with E-state index < -0.39 is 0 Å². The number of aromatic nitrogens is 6. The van der Waals surface area contributed by atoms with Crippen LogP contribution in [0.1, 0.15) is 5.82 Å². The standard InChI is InChI=1S/C12H21N11O3/c1-7-16-8(19-11(17-7)22-24)13-3-4-14-9-18-10(15-5-6-26-2)21-12(20-9)23-25/h24-25H,3-6H2,1-2H3,(H2,13,16,17,19,22)(H3,14,15,18,20,21,23). The highest BCUT2D eigenvalue weighted by Crippen LogP contribution is 2.08. The normalized spacial score (nSPS) is 10.3. The molecule has 142 valence electrons. The van der Waals surface area contributed by atoms with E-state index in [4.69, 9.17) is 15.2 Å². The second-order valence-electron chi connectivity index (χ2n) is 4.83. The molecule has 14 nitrogen and oxygen atoms in total. The van der Waals surface area contributed by atoms with Gasteiger partial charge in [-0.3, -0.25) is 10.4 Å². The van der Waals surface area contributed by atoms with Gasteiger partial charge in [0.1, 0.15) is 5.82 Å². The number of aryl methyl sites for hydroxylation is 1. The van der Waals surface area contributed by atoms with Crippen LogP contribution in [-0.4, -0.2) is 73.7 Å². The summed E-state index contributed by atoms with van der Waals surface area (Å²) < 4.78 is 4.94. The average Bonchev–Trinajstić information content (AvgIpc) is 2.65. The van der Waals surface area contributed by atoms with E-state index in [1.807, 2.05) is 11.0 Å². The summed E-state index contributed by atoms with van der Waals surface area (Å²) in [6.07, 6.45) is 0. The highest BCUT2D eigenvalue weighted by molar-refractivity contribution is 5.41. The van der Waals surface area contributed by atoms with E-state index in [0.717, 1.165) is 0 Å². The number of nitrogens with zero attached hydrogens (tertiary/aromatic N) is 6. The smallest absolute Gasteiger partial charge is 0.253 e. The zero-order valence-corrected chi connectivity index (χ0v) is 14.3. The van der Waals surface area contributed by atoms with Crippen molar-refractivity contribution < 1.29 is 15.2 Å². The molecular formula is C12H21N11O3. The first-order chi connectivity index (χ1) is 12.6. The Bertz CT molecular complexity index is 702. The molecule has 0 saturated carbocycles. The summed E-state index contributed by atoms with van der Waals surface area (Å²) in [4.78, 5) is 24.0. The number of ether oxygens (including phenoxy) is 1. The van der Waals surface area contributed by atoms with Crippen LogP contribution in [0, 0.1) is 6.92 Å². The molecule has 7 N–H and O–H groups in total. The molecule has 0 aliphatic heterocycles. The number of hydrogen-bond donors (Lipinski definition) is 7. The van der Waals surface area contributed by atoms with Crippen LogP contribution in [0.4, 0.5) is 29.7 Å². The molecule has 0 aromatic carbocycles. The molecule has 2 aromatic heterocycles. The van der Waals surface area contributed by atoms with Crippen molar-refractivity contribution in [1.29, 1.82) is 0 Å². The molecule has 0 saturated heterocycles. The molecule has 0 fully saturated rings.